The Morgan fingerprint density at radius 1 is 1.23 bits per heavy atom. The van der Waals surface area contributed by atoms with Gasteiger partial charge in [0.15, 0.2) is 0 Å². The number of fused-ring (bicyclic) bond motifs is 3. The minimum atomic E-state index is -0.0537. The highest BCUT2D eigenvalue weighted by atomic mass is 16.2. The van der Waals surface area contributed by atoms with Gasteiger partial charge in [-0.2, -0.15) is 0 Å². The van der Waals surface area contributed by atoms with Crippen molar-refractivity contribution in [3.8, 4) is 0 Å². The van der Waals surface area contributed by atoms with E-state index in [1.165, 1.54) is 6.42 Å². The second-order valence-corrected chi connectivity index (χ2v) is 8.00. The van der Waals surface area contributed by atoms with Gasteiger partial charge in [-0.1, -0.05) is 32.9 Å². The van der Waals surface area contributed by atoms with Crippen LogP contribution in [0.4, 0.5) is 0 Å². The fourth-order valence-corrected chi connectivity index (χ4v) is 3.97. The average Bonchev–Trinajstić information content (AvgIpc) is 3.18. The first-order chi connectivity index (χ1) is 10.4. The second-order valence-electron chi connectivity index (χ2n) is 8.00. The maximum absolute atomic E-state index is 12.8. The molecule has 1 saturated carbocycles. The van der Waals surface area contributed by atoms with Gasteiger partial charge >= 0.3 is 0 Å². The van der Waals surface area contributed by atoms with Crippen LogP contribution >= 0.6 is 0 Å². The van der Waals surface area contributed by atoms with Gasteiger partial charge in [0.1, 0.15) is 5.82 Å². The Kier molecular flexibility index (Phi) is 2.94. The van der Waals surface area contributed by atoms with Crippen LogP contribution < -0.4 is 0 Å². The van der Waals surface area contributed by atoms with Crippen LogP contribution in [0.5, 0.6) is 0 Å². The zero-order valence-corrected chi connectivity index (χ0v) is 13.5. The number of allylic oxidation sites excluding steroid dienone is 2. The van der Waals surface area contributed by atoms with Crippen LogP contribution in [0.15, 0.2) is 18.3 Å². The van der Waals surface area contributed by atoms with Crippen molar-refractivity contribution in [3.05, 3.63) is 35.4 Å². The molecule has 0 spiro atoms. The summed E-state index contributed by atoms with van der Waals surface area (Å²) in [5.74, 6) is 2.48. The summed E-state index contributed by atoms with van der Waals surface area (Å²) in [7, 11) is 0. The molecule has 1 aromatic rings. The molecule has 116 valence electrons. The molecule has 1 fully saturated rings. The number of amides is 1. The maximum Gasteiger partial charge on any atom is 0.226 e. The number of hydrogen-bond acceptors (Lipinski definition) is 3. The predicted molar refractivity (Wildman–Crippen MR) is 83.8 cm³/mol. The van der Waals surface area contributed by atoms with Crippen molar-refractivity contribution in [1.29, 1.82) is 0 Å². The van der Waals surface area contributed by atoms with Crippen molar-refractivity contribution in [2.45, 2.75) is 52.1 Å². The molecule has 4 nitrogen and oxygen atoms in total. The SMILES string of the molecule is CC(C)(C)c1ncc2c(n1)CN(C(=O)[C@@H]1C[C@@H]3C=C[C@H]1C3)C2. The third-order valence-corrected chi connectivity index (χ3v) is 5.23. The Morgan fingerprint density at radius 3 is 2.68 bits per heavy atom. The van der Waals surface area contributed by atoms with Crippen LogP contribution in [-0.4, -0.2) is 20.8 Å². The zero-order chi connectivity index (χ0) is 15.5. The third-order valence-electron chi connectivity index (χ3n) is 5.23. The summed E-state index contributed by atoms with van der Waals surface area (Å²) in [4.78, 5) is 24.0. The van der Waals surface area contributed by atoms with E-state index >= 15 is 0 Å². The van der Waals surface area contributed by atoms with E-state index in [-0.39, 0.29) is 11.3 Å². The summed E-state index contributed by atoms with van der Waals surface area (Å²) in [6.45, 7) is 7.68. The van der Waals surface area contributed by atoms with E-state index < -0.39 is 0 Å². The smallest absolute Gasteiger partial charge is 0.226 e. The van der Waals surface area contributed by atoms with E-state index in [0.29, 0.717) is 30.8 Å². The molecule has 0 unspecified atom stereocenters. The lowest BCUT2D eigenvalue weighted by atomic mass is 9.92. The van der Waals surface area contributed by atoms with Crippen LogP contribution in [-0.2, 0) is 23.3 Å². The van der Waals surface area contributed by atoms with Crippen molar-refractivity contribution in [1.82, 2.24) is 14.9 Å². The Labute approximate surface area is 131 Å². The number of carbonyl (C=O) groups is 1. The van der Waals surface area contributed by atoms with Gasteiger partial charge in [-0.05, 0) is 24.7 Å². The summed E-state index contributed by atoms with van der Waals surface area (Å²) in [5, 5.41) is 0. The standard InChI is InChI=1S/C18H23N3O/c1-18(2,3)17-19-8-13-9-21(10-15(13)20-17)16(22)14-7-11-4-5-12(14)6-11/h4-5,8,11-12,14H,6-7,9-10H2,1-3H3/t11-,12+,14-/m1/s1. The quantitative estimate of drug-likeness (QED) is 0.749. The van der Waals surface area contributed by atoms with Gasteiger partial charge in [-0.3, -0.25) is 4.79 Å². The van der Waals surface area contributed by atoms with Crippen LogP contribution in [0.3, 0.4) is 0 Å². The molecule has 22 heavy (non-hydrogen) atoms. The van der Waals surface area contributed by atoms with E-state index in [9.17, 15) is 4.79 Å². The van der Waals surface area contributed by atoms with Crippen LogP contribution in [0, 0.1) is 17.8 Å². The summed E-state index contributed by atoms with van der Waals surface area (Å²) in [5.41, 5.74) is 2.09. The van der Waals surface area contributed by atoms with Crippen molar-refractivity contribution in [2.75, 3.05) is 0 Å². The third kappa shape index (κ3) is 2.16. The van der Waals surface area contributed by atoms with Crippen LogP contribution in [0.2, 0.25) is 0 Å². The van der Waals surface area contributed by atoms with Crippen LogP contribution in [0.1, 0.15) is 50.7 Å². The minimum Gasteiger partial charge on any atom is -0.332 e. The Balaban J connectivity index is 1.52. The van der Waals surface area contributed by atoms with Gasteiger partial charge in [0.05, 0.1) is 12.2 Å². The molecule has 1 amide bonds. The molecule has 3 aliphatic rings. The first-order valence-electron chi connectivity index (χ1n) is 8.24. The maximum atomic E-state index is 12.8. The first-order valence-corrected chi connectivity index (χ1v) is 8.24. The lowest BCUT2D eigenvalue weighted by Crippen LogP contribution is -2.34. The molecular weight excluding hydrogens is 274 g/mol. The van der Waals surface area contributed by atoms with E-state index in [1.54, 1.807) is 0 Å². The molecule has 0 aromatic carbocycles. The van der Waals surface area contributed by atoms with Crippen molar-refractivity contribution < 1.29 is 4.79 Å². The summed E-state index contributed by atoms with van der Waals surface area (Å²) < 4.78 is 0. The highest BCUT2D eigenvalue weighted by Gasteiger charge is 2.42. The topological polar surface area (TPSA) is 46.1 Å². The van der Waals surface area contributed by atoms with Crippen molar-refractivity contribution in [3.63, 3.8) is 0 Å². The van der Waals surface area contributed by atoms with E-state index in [0.717, 1.165) is 23.5 Å². The molecule has 2 aliphatic carbocycles. The molecule has 1 aromatic heterocycles. The first kappa shape index (κ1) is 13.9. The molecule has 0 radical (unpaired) electrons. The second kappa shape index (κ2) is 4.64. The number of aromatic nitrogens is 2. The number of rotatable bonds is 1. The lowest BCUT2D eigenvalue weighted by molar-refractivity contribution is -0.137. The number of hydrogen-bond donors (Lipinski definition) is 0. The summed E-state index contributed by atoms with van der Waals surface area (Å²) >= 11 is 0. The summed E-state index contributed by atoms with van der Waals surface area (Å²) in [6, 6.07) is 0. The number of nitrogens with zero attached hydrogens (tertiary/aromatic N) is 3. The molecule has 0 saturated heterocycles. The van der Waals surface area contributed by atoms with Crippen molar-refractivity contribution >= 4 is 5.91 Å². The molecular formula is C18H23N3O. The fourth-order valence-electron chi connectivity index (χ4n) is 3.97. The van der Waals surface area contributed by atoms with E-state index in [2.05, 4.69) is 37.9 Å². The average molecular weight is 297 g/mol. The van der Waals surface area contributed by atoms with Crippen molar-refractivity contribution in [2.24, 2.45) is 17.8 Å². The van der Waals surface area contributed by atoms with Gasteiger partial charge in [-0.15, -0.1) is 0 Å². The molecule has 3 atom stereocenters. The molecule has 1 aliphatic heterocycles. The molecule has 2 heterocycles. The Morgan fingerprint density at radius 2 is 2.05 bits per heavy atom. The van der Waals surface area contributed by atoms with E-state index in [4.69, 9.17) is 4.98 Å². The van der Waals surface area contributed by atoms with Gasteiger partial charge in [0.2, 0.25) is 5.91 Å². The Hall–Kier alpha value is -1.71. The minimum absolute atomic E-state index is 0.0537. The fraction of sp³-hybridized carbons (Fsp3) is 0.611. The lowest BCUT2D eigenvalue weighted by Gasteiger charge is -2.23. The molecule has 2 bridgehead atoms. The van der Waals surface area contributed by atoms with Gasteiger partial charge in [-0.25, -0.2) is 9.97 Å². The van der Waals surface area contributed by atoms with Gasteiger partial charge in [0.25, 0.3) is 0 Å². The van der Waals surface area contributed by atoms with Gasteiger partial charge in [0, 0.05) is 29.6 Å². The predicted octanol–water partition coefficient (Wildman–Crippen LogP) is 2.83. The summed E-state index contributed by atoms with van der Waals surface area (Å²) in [6.07, 6.45) is 8.65. The molecule has 0 N–H and O–H groups in total. The monoisotopic (exact) mass is 297 g/mol. The van der Waals surface area contributed by atoms with E-state index in [1.807, 2.05) is 11.1 Å². The van der Waals surface area contributed by atoms with Gasteiger partial charge < -0.3 is 4.90 Å². The normalized spacial score (nSPS) is 29.2. The highest BCUT2D eigenvalue weighted by Crippen LogP contribution is 2.44. The zero-order valence-electron chi connectivity index (χ0n) is 13.5. The number of carbonyl (C=O) groups excluding carboxylic acids is 1. The molecule has 4 heteroatoms. The molecule has 4 rings (SSSR count). The van der Waals surface area contributed by atoms with Crippen LogP contribution in [0.25, 0.3) is 0 Å². The Bertz CT molecular complexity index is 659. The largest absolute Gasteiger partial charge is 0.332 e. The highest BCUT2D eigenvalue weighted by molar-refractivity contribution is 5.80.